The van der Waals surface area contributed by atoms with Crippen LogP contribution >= 0.6 is 0 Å². The van der Waals surface area contributed by atoms with Crippen molar-refractivity contribution < 1.29 is 14.3 Å². The first-order valence-electron chi connectivity index (χ1n) is 12.2. The Morgan fingerprint density at radius 2 is 1.76 bits per heavy atom. The van der Waals surface area contributed by atoms with Gasteiger partial charge in [-0.2, -0.15) is 0 Å². The zero-order valence-corrected chi connectivity index (χ0v) is 20.7. The van der Waals surface area contributed by atoms with Gasteiger partial charge in [0, 0.05) is 34.7 Å². The second kappa shape index (κ2) is 10.2. The number of carbonyl (C=O) groups is 1. The Kier molecular flexibility index (Phi) is 7.06. The molecule has 1 aliphatic heterocycles. The van der Waals surface area contributed by atoms with Crippen molar-refractivity contribution in [2.24, 2.45) is 0 Å². The molecule has 0 radical (unpaired) electrons. The monoisotopic (exact) mass is 455 g/mol. The number of hydrogen-bond acceptors (Lipinski definition) is 4. The molecule has 1 aliphatic rings. The molecule has 0 aromatic heterocycles. The van der Waals surface area contributed by atoms with E-state index in [4.69, 9.17) is 9.47 Å². The number of esters is 1. The molecule has 0 fully saturated rings. The van der Waals surface area contributed by atoms with Gasteiger partial charge < -0.3 is 14.8 Å². The Hall–Kier alpha value is -3.53. The van der Waals surface area contributed by atoms with Crippen LogP contribution < -0.4 is 20.5 Å². The van der Waals surface area contributed by atoms with E-state index in [1.807, 2.05) is 31.2 Å². The summed E-state index contributed by atoms with van der Waals surface area (Å²) in [7, 11) is 0. The molecule has 4 nitrogen and oxygen atoms in total. The lowest BCUT2D eigenvalue weighted by Gasteiger charge is -2.24. The first-order valence-corrected chi connectivity index (χ1v) is 12.2. The van der Waals surface area contributed by atoms with Crippen LogP contribution in [-0.4, -0.2) is 19.1 Å². The molecule has 176 valence electrons. The van der Waals surface area contributed by atoms with Crippen molar-refractivity contribution in [3.63, 3.8) is 0 Å². The smallest absolute Gasteiger partial charge is 0.338 e. The molecule has 4 heteroatoms. The Morgan fingerprint density at radius 1 is 0.971 bits per heavy atom. The predicted molar refractivity (Wildman–Crippen MR) is 139 cm³/mol. The third-order valence-electron chi connectivity index (χ3n) is 6.17. The van der Waals surface area contributed by atoms with E-state index in [9.17, 15) is 4.79 Å². The Balaban J connectivity index is 2.08. The molecule has 0 atom stereocenters. The summed E-state index contributed by atoms with van der Waals surface area (Å²) in [5.41, 5.74) is 6.75. The van der Waals surface area contributed by atoms with Crippen molar-refractivity contribution in [2.75, 3.05) is 18.5 Å². The predicted octanol–water partition coefficient (Wildman–Crippen LogP) is 5.85. The lowest BCUT2D eigenvalue weighted by Crippen LogP contribution is -2.23. The Morgan fingerprint density at radius 3 is 2.50 bits per heavy atom. The minimum absolute atomic E-state index is 0.314. The summed E-state index contributed by atoms with van der Waals surface area (Å²) in [5.74, 6) is 1.28. The van der Waals surface area contributed by atoms with Gasteiger partial charge in [-0.3, -0.25) is 0 Å². The van der Waals surface area contributed by atoms with Crippen LogP contribution in [-0.2, 0) is 4.74 Å². The molecule has 34 heavy (non-hydrogen) atoms. The fourth-order valence-corrected chi connectivity index (χ4v) is 4.49. The second-order valence-electron chi connectivity index (χ2n) is 8.63. The zero-order valence-electron chi connectivity index (χ0n) is 20.7. The molecule has 4 rings (SSSR count). The molecule has 0 spiro atoms. The molecule has 1 heterocycles. The van der Waals surface area contributed by atoms with Crippen molar-refractivity contribution in [3.05, 3.63) is 86.8 Å². The van der Waals surface area contributed by atoms with Crippen LogP contribution in [0.15, 0.2) is 48.5 Å². The largest absolute Gasteiger partial charge is 0.462 e. The average Bonchev–Trinajstić information content (AvgIpc) is 2.83. The van der Waals surface area contributed by atoms with Gasteiger partial charge in [-0.05, 0) is 80.3 Å². The van der Waals surface area contributed by atoms with Crippen molar-refractivity contribution >= 4 is 23.3 Å². The summed E-state index contributed by atoms with van der Waals surface area (Å²) in [5, 5.41) is 5.60. The maximum absolute atomic E-state index is 12.9. The first kappa shape index (κ1) is 23.6. The van der Waals surface area contributed by atoms with Gasteiger partial charge in [0.2, 0.25) is 0 Å². The molecule has 0 bridgehead atoms. The summed E-state index contributed by atoms with van der Waals surface area (Å²) >= 11 is 0. The van der Waals surface area contributed by atoms with E-state index in [0.717, 1.165) is 64.1 Å². The van der Waals surface area contributed by atoms with Gasteiger partial charge in [0.1, 0.15) is 11.5 Å². The second-order valence-corrected chi connectivity index (χ2v) is 8.63. The quantitative estimate of drug-likeness (QED) is 0.355. The number of ether oxygens (including phenoxy) is 2. The Labute approximate surface area is 201 Å². The third-order valence-corrected chi connectivity index (χ3v) is 6.17. The lowest BCUT2D eigenvalue weighted by atomic mass is 9.88. The fourth-order valence-electron chi connectivity index (χ4n) is 4.49. The van der Waals surface area contributed by atoms with Crippen molar-refractivity contribution in [1.29, 1.82) is 0 Å². The highest BCUT2D eigenvalue weighted by Crippen LogP contribution is 2.40. The molecule has 3 aromatic rings. The van der Waals surface area contributed by atoms with Crippen LogP contribution in [0.25, 0.3) is 11.6 Å². The standard InChI is InChI=1S/C30H33NO3/c1-6-9-12-21-17-27-24(15-19(21)4)29(22-13-10-11-14-23(22)30(32)33-8-3)25-16-20(5)26(31-7-2)18-28(25)34-27/h10-18,31H,6-9H2,1-5H3/b21-12+. The third kappa shape index (κ3) is 4.45. The number of unbranched alkanes of at least 4 members (excludes halogenated alkanes) is 1. The van der Waals surface area contributed by atoms with Gasteiger partial charge in [-0.25, -0.2) is 4.79 Å². The van der Waals surface area contributed by atoms with E-state index < -0.39 is 0 Å². The van der Waals surface area contributed by atoms with Crippen LogP contribution in [0, 0.1) is 13.8 Å². The van der Waals surface area contributed by atoms with E-state index in [0.29, 0.717) is 12.2 Å². The topological polar surface area (TPSA) is 47.6 Å². The van der Waals surface area contributed by atoms with E-state index in [1.54, 1.807) is 0 Å². The van der Waals surface area contributed by atoms with Crippen LogP contribution in [0.4, 0.5) is 5.69 Å². The molecular formula is C30H33NO3. The zero-order chi connectivity index (χ0) is 24.2. The lowest BCUT2D eigenvalue weighted by molar-refractivity contribution is 0.0526. The Bertz CT molecular complexity index is 1350. The summed E-state index contributed by atoms with van der Waals surface area (Å²) < 4.78 is 11.9. The van der Waals surface area contributed by atoms with Crippen molar-refractivity contribution in [3.8, 4) is 11.5 Å². The molecule has 0 saturated carbocycles. The van der Waals surface area contributed by atoms with Crippen LogP contribution in [0.1, 0.15) is 66.2 Å². The van der Waals surface area contributed by atoms with Crippen molar-refractivity contribution in [2.45, 2.75) is 47.5 Å². The number of rotatable bonds is 7. The summed E-state index contributed by atoms with van der Waals surface area (Å²) in [6.07, 6.45) is 4.37. The molecule has 0 saturated heterocycles. The number of aryl methyl sites for hydroxylation is 2. The fraction of sp³-hybridized carbons (Fsp3) is 0.300. The van der Waals surface area contributed by atoms with Gasteiger partial charge in [0.25, 0.3) is 0 Å². The molecule has 0 aliphatic carbocycles. The molecule has 3 aromatic carbocycles. The highest BCUT2D eigenvalue weighted by atomic mass is 16.5. The summed E-state index contributed by atoms with van der Waals surface area (Å²) in [6.45, 7) is 11.5. The average molecular weight is 456 g/mol. The molecule has 0 unspecified atom stereocenters. The number of nitrogens with one attached hydrogen (secondary N) is 1. The summed E-state index contributed by atoms with van der Waals surface area (Å²) in [6, 6.07) is 16.2. The number of hydrogen-bond donors (Lipinski definition) is 1. The number of fused-ring (bicyclic) bond motifs is 2. The molecule has 0 amide bonds. The maximum atomic E-state index is 12.9. The van der Waals surface area contributed by atoms with Gasteiger partial charge >= 0.3 is 5.97 Å². The van der Waals surface area contributed by atoms with E-state index in [1.165, 1.54) is 10.8 Å². The highest BCUT2D eigenvalue weighted by Gasteiger charge is 2.25. The normalized spacial score (nSPS) is 12.6. The number of anilines is 1. The first-order chi connectivity index (χ1) is 16.5. The van der Waals surface area contributed by atoms with Gasteiger partial charge in [-0.1, -0.05) is 37.6 Å². The SMILES string of the molecule is CCC/C=c1\cc2c(cc1C)=C(c1ccccc1C(=O)OCC)c1cc(C)c(NCC)cc1O2. The highest BCUT2D eigenvalue weighted by molar-refractivity contribution is 5.99. The van der Waals surface area contributed by atoms with Gasteiger partial charge in [0.15, 0.2) is 0 Å². The van der Waals surface area contributed by atoms with E-state index in [2.05, 4.69) is 63.4 Å². The summed E-state index contributed by atoms with van der Waals surface area (Å²) in [4.78, 5) is 12.9. The van der Waals surface area contributed by atoms with Crippen molar-refractivity contribution in [1.82, 2.24) is 0 Å². The van der Waals surface area contributed by atoms with Crippen LogP contribution in [0.3, 0.4) is 0 Å². The van der Waals surface area contributed by atoms with Crippen LogP contribution in [0.5, 0.6) is 11.5 Å². The minimum atomic E-state index is -0.314. The van der Waals surface area contributed by atoms with E-state index in [-0.39, 0.29) is 5.97 Å². The molecule has 1 N–H and O–H groups in total. The minimum Gasteiger partial charge on any atom is -0.462 e. The van der Waals surface area contributed by atoms with Crippen LogP contribution in [0.2, 0.25) is 0 Å². The van der Waals surface area contributed by atoms with Gasteiger partial charge in [-0.15, -0.1) is 0 Å². The maximum Gasteiger partial charge on any atom is 0.338 e. The van der Waals surface area contributed by atoms with E-state index >= 15 is 0 Å². The molecular weight excluding hydrogens is 422 g/mol. The number of carbonyl (C=O) groups excluding carboxylic acids is 1. The number of benzene rings is 3. The van der Waals surface area contributed by atoms with Gasteiger partial charge in [0.05, 0.1) is 12.2 Å².